The lowest BCUT2D eigenvalue weighted by Gasteiger charge is -2.05. The van der Waals surface area contributed by atoms with Crippen molar-refractivity contribution in [3.8, 4) is 0 Å². The number of amides is 1. The van der Waals surface area contributed by atoms with Gasteiger partial charge in [-0.15, -0.1) is 36.2 Å². The Morgan fingerprint density at radius 3 is 2.52 bits per heavy atom. The van der Waals surface area contributed by atoms with Crippen LogP contribution in [0.5, 0.6) is 0 Å². The number of thiazole rings is 1. The average molecular weight is 376 g/mol. The summed E-state index contributed by atoms with van der Waals surface area (Å²) in [7, 11) is 0. The first-order valence-corrected chi connectivity index (χ1v) is 8.03. The van der Waals surface area contributed by atoms with Crippen molar-refractivity contribution in [2.24, 2.45) is 0 Å². The Kier molecular flexibility index (Phi) is 10.6. The molecule has 0 aliphatic carbocycles. The maximum absolute atomic E-state index is 11.7. The largest absolute Gasteiger partial charge is 0.399 e. The standard InChI is InChI=1S/C16H21N3OS.2ClH/c1-12-19-15(11-21-12)3-2-4-16(20)18-10-9-13-5-7-14(17)8-6-13;;/h5-8,11H,2-4,9-10,17H2,1H3,(H,18,20);2*1H. The molecule has 0 atom stereocenters. The number of nitrogens with one attached hydrogen (secondary N) is 1. The molecule has 0 saturated carbocycles. The van der Waals surface area contributed by atoms with Gasteiger partial charge in [0.05, 0.1) is 10.7 Å². The molecule has 0 bridgehead atoms. The van der Waals surface area contributed by atoms with E-state index in [1.54, 1.807) is 11.3 Å². The lowest BCUT2D eigenvalue weighted by atomic mass is 10.1. The lowest BCUT2D eigenvalue weighted by Crippen LogP contribution is -2.25. The molecule has 0 unspecified atom stereocenters. The van der Waals surface area contributed by atoms with Crippen molar-refractivity contribution in [3.63, 3.8) is 0 Å². The first kappa shape index (κ1) is 21.7. The van der Waals surface area contributed by atoms with Crippen LogP contribution in [0.15, 0.2) is 29.6 Å². The van der Waals surface area contributed by atoms with Gasteiger partial charge in [0.2, 0.25) is 5.91 Å². The number of hydrogen-bond acceptors (Lipinski definition) is 4. The highest BCUT2D eigenvalue weighted by atomic mass is 35.5. The van der Waals surface area contributed by atoms with Gasteiger partial charge in [-0.1, -0.05) is 12.1 Å². The Balaban J connectivity index is 0.00000242. The highest BCUT2D eigenvalue weighted by Gasteiger charge is 2.03. The number of hydrogen-bond donors (Lipinski definition) is 2. The molecule has 3 N–H and O–H groups in total. The quantitative estimate of drug-likeness (QED) is 0.726. The molecule has 0 saturated heterocycles. The van der Waals surface area contributed by atoms with Crippen LogP contribution in [-0.2, 0) is 17.6 Å². The van der Waals surface area contributed by atoms with Crippen LogP contribution in [0.1, 0.15) is 29.1 Å². The number of nitrogen functional groups attached to an aromatic ring is 1. The third kappa shape index (κ3) is 8.21. The first-order chi connectivity index (χ1) is 10.1. The Hall–Kier alpha value is -1.30. The second kappa shape index (κ2) is 11.3. The number of nitrogens with zero attached hydrogens (tertiary/aromatic N) is 1. The maximum Gasteiger partial charge on any atom is 0.220 e. The Morgan fingerprint density at radius 2 is 1.91 bits per heavy atom. The molecule has 0 aliphatic heterocycles. The SMILES string of the molecule is Cc1nc(CCCC(=O)NCCc2ccc(N)cc2)cs1.Cl.Cl. The van der Waals surface area contributed by atoms with Crippen LogP contribution in [0.25, 0.3) is 0 Å². The molecule has 7 heteroatoms. The second-order valence-electron chi connectivity index (χ2n) is 5.05. The van der Waals surface area contributed by atoms with Crippen LogP contribution in [-0.4, -0.2) is 17.4 Å². The highest BCUT2D eigenvalue weighted by Crippen LogP contribution is 2.10. The van der Waals surface area contributed by atoms with E-state index >= 15 is 0 Å². The van der Waals surface area contributed by atoms with Gasteiger partial charge in [0.1, 0.15) is 0 Å². The van der Waals surface area contributed by atoms with Crippen molar-refractivity contribution in [1.82, 2.24) is 10.3 Å². The van der Waals surface area contributed by atoms with Crippen molar-refractivity contribution in [1.29, 1.82) is 0 Å². The van der Waals surface area contributed by atoms with Gasteiger partial charge in [-0.2, -0.15) is 0 Å². The highest BCUT2D eigenvalue weighted by molar-refractivity contribution is 7.09. The van der Waals surface area contributed by atoms with Crippen molar-refractivity contribution in [3.05, 3.63) is 45.9 Å². The zero-order valence-corrected chi connectivity index (χ0v) is 15.5. The molecule has 1 heterocycles. The number of anilines is 1. The molecular formula is C16H23Cl2N3OS. The maximum atomic E-state index is 11.7. The van der Waals surface area contributed by atoms with Crippen molar-refractivity contribution >= 4 is 47.7 Å². The van der Waals surface area contributed by atoms with E-state index in [1.165, 1.54) is 5.56 Å². The van der Waals surface area contributed by atoms with Crippen molar-refractivity contribution in [2.45, 2.75) is 32.6 Å². The fourth-order valence-electron chi connectivity index (χ4n) is 2.07. The first-order valence-electron chi connectivity index (χ1n) is 7.15. The van der Waals surface area contributed by atoms with Crippen molar-refractivity contribution < 1.29 is 4.79 Å². The number of benzene rings is 1. The third-order valence-electron chi connectivity index (χ3n) is 3.22. The third-order valence-corrected chi connectivity index (χ3v) is 4.04. The van der Waals surface area contributed by atoms with E-state index in [2.05, 4.69) is 15.7 Å². The minimum Gasteiger partial charge on any atom is -0.399 e. The Morgan fingerprint density at radius 1 is 1.22 bits per heavy atom. The molecule has 2 rings (SSSR count). The summed E-state index contributed by atoms with van der Waals surface area (Å²) in [5.41, 5.74) is 8.67. The number of aryl methyl sites for hydroxylation is 2. The molecule has 0 radical (unpaired) electrons. The molecule has 1 aromatic heterocycles. The second-order valence-corrected chi connectivity index (χ2v) is 6.12. The van der Waals surface area contributed by atoms with E-state index in [9.17, 15) is 4.79 Å². The molecule has 0 fully saturated rings. The topological polar surface area (TPSA) is 68.0 Å². The minimum atomic E-state index is 0. The van der Waals surface area contributed by atoms with Gasteiger partial charge in [-0.25, -0.2) is 4.98 Å². The molecule has 23 heavy (non-hydrogen) atoms. The van der Waals surface area contributed by atoms with Crippen LogP contribution in [0.4, 0.5) is 5.69 Å². The fourth-order valence-corrected chi connectivity index (χ4v) is 2.72. The van der Waals surface area contributed by atoms with E-state index in [1.807, 2.05) is 31.2 Å². The van der Waals surface area contributed by atoms with E-state index in [0.717, 1.165) is 35.7 Å². The summed E-state index contributed by atoms with van der Waals surface area (Å²) in [5.74, 6) is 0.109. The van der Waals surface area contributed by atoms with Gasteiger partial charge in [0, 0.05) is 24.0 Å². The smallest absolute Gasteiger partial charge is 0.220 e. The monoisotopic (exact) mass is 375 g/mol. The molecule has 0 spiro atoms. The molecule has 1 aromatic carbocycles. The summed E-state index contributed by atoms with van der Waals surface area (Å²) in [6.07, 6.45) is 3.10. The summed E-state index contributed by atoms with van der Waals surface area (Å²) in [6.45, 7) is 2.66. The van der Waals surface area contributed by atoms with Crippen molar-refractivity contribution in [2.75, 3.05) is 12.3 Å². The van der Waals surface area contributed by atoms with Crippen LogP contribution in [0.3, 0.4) is 0 Å². The summed E-state index contributed by atoms with van der Waals surface area (Å²) >= 11 is 1.66. The number of halogens is 2. The summed E-state index contributed by atoms with van der Waals surface area (Å²) in [6, 6.07) is 7.75. The Bertz CT molecular complexity index is 587. The van der Waals surface area contributed by atoms with Crippen LogP contribution in [0.2, 0.25) is 0 Å². The number of carbonyl (C=O) groups excluding carboxylic acids is 1. The fraction of sp³-hybridized carbons (Fsp3) is 0.375. The van der Waals surface area contributed by atoms with Gasteiger partial charge in [-0.3, -0.25) is 4.79 Å². The van der Waals surface area contributed by atoms with Crippen LogP contribution < -0.4 is 11.1 Å². The van der Waals surface area contributed by atoms with Crippen LogP contribution >= 0.6 is 36.2 Å². The molecule has 2 aromatic rings. The van der Waals surface area contributed by atoms with Crippen LogP contribution in [0, 0.1) is 6.92 Å². The number of rotatable bonds is 7. The molecular weight excluding hydrogens is 353 g/mol. The summed E-state index contributed by atoms with van der Waals surface area (Å²) in [5, 5.41) is 6.09. The predicted octanol–water partition coefficient (Wildman–Crippen LogP) is 3.56. The molecule has 1 amide bonds. The van der Waals surface area contributed by atoms with Gasteiger partial charge >= 0.3 is 0 Å². The zero-order valence-electron chi connectivity index (χ0n) is 13.1. The van der Waals surface area contributed by atoms with E-state index in [0.29, 0.717) is 13.0 Å². The average Bonchev–Trinajstić information content (AvgIpc) is 2.87. The number of nitrogens with two attached hydrogens (primary N) is 1. The molecule has 4 nitrogen and oxygen atoms in total. The van der Waals surface area contributed by atoms with E-state index < -0.39 is 0 Å². The molecule has 128 valence electrons. The predicted molar refractivity (Wildman–Crippen MR) is 102 cm³/mol. The van der Waals surface area contributed by atoms with Gasteiger partial charge in [0.25, 0.3) is 0 Å². The molecule has 0 aliphatic rings. The number of aromatic nitrogens is 1. The van der Waals surface area contributed by atoms with Gasteiger partial charge in [0.15, 0.2) is 0 Å². The summed E-state index contributed by atoms with van der Waals surface area (Å²) in [4.78, 5) is 16.1. The minimum absolute atomic E-state index is 0. The van der Waals surface area contributed by atoms with E-state index in [-0.39, 0.29) is 30.7 Å². The van der Waals surface area contributed by atoms with Gasteiger partial charge in [-0.05, 0) is 43.9 Å². The lowest BCUT2D eigenvalue weighted by molar-refractivity contribution is -0.121. The van der Waals surface area contributed by atoms with E-state index in [4.69, 9.17) is 5.73 Å². The zero-order chi connectivity index (χ0) is 15.1. The summed E-state index contributed by atoms with van der Waals surface area (Å²) < 4.78 is 0. The van der Waals surface area contributed by atoms with Gasteiger partial charge < -0.3 is 11.1 Å². The number of carbonyl (C=O) groups is 1. The normalized spacial score (nSPS) is 9.61. The Labute approximate surface area is 153 Å².